The Hall–Kier alpha value is -1.06. The van der Waals surface area contributed by atoms with Crippen LogP contribution in [0.15, 0.2) is 18.2 Å². The van der Waals surface area contributed by atoms with Crippen molar-refractivity contribution < 1.29 is 5.11 Å². The van der Waals surface area contributed by atoms with Gasteiger partial charge in [0, 0.05) is 5.69 Å². The summed E-state index contributed by atoms with van der Waals surface area (Å²) in [6, 6.07) is 5.22. The van der Waals surface area contributed by atoms with E-state index in [1.807, 2.05) is 25.1 Å². The van der Waals surface area contributed by atoms with Crippen LogP contribution in [0.25, 0.3) is 0 Å². The lowest BCUT2D eigenvalue weighted by atomic mass is 10.0. The molecular formula is C9H14N2O. The zero-order chi connectivity index (χ0) is 9.14. The minimum atomic E-state index is -0.325. The number of nitrogens with two attached hydrogens (primary N) is 2. The van der Waals surface area contributed by atoms with Gasteiger partial charge in [0.15, 0.2) is 0 Å². The zero-order valence-electron chi connectivity index (χ0n) is 7.12. The van der Waals surface area contributed by atoms with E-state index in [4.69, 9.17) is 16.6 Å². The zero-order valence-corrected chi connectivity index (χ0v) is 7.12. The number of hydrogen-bond acceptors (Lipinski definition) is 3. The molecule has 0 fully saturated rings. The third-order valence-corrected chi connectivity index (χ3v) is 2.01. The Balaban J connectivity index is 3.07. The van der Waals surface area contributed by atoms with Gasteiger partial charge in [0.25, 0.3) is 0 Å². The third-order valence-electron chi connectivity index (χ3n) is 2.01. The van der Waals surface area contributed by atoms with Crippen LogP contribution in [0.2, 0.25) is 0 Å². The molecule has 0 amide bonds. The van der Waals surface area contributed by atoms with Crippen molar-refractivity contribution in [1.29, 1.82) is 0 Å². The van der Waals surface area contributed by atoms with Crippen molar-refractivity contribution in [2.24, 2.45) is 5.73 Å². The fourth-order valence-corrected chi connectivity index (χ4v) is 1.17. The largest absolute Gasteiger partial charge is 0.399 e. The fourth-order valence-electron chi connectivity index (χ4n) is 1.17. The van der Waals surface area contributed by atoms with Gasteiger partial charge in [-0.25, -0.2) is 0 Å². The predicted molar refractivity (Wildman–Crippen MR) is 49.6 cm³/mol. The fraction of sp³-hybridized carbons (Fsp3) is 0.333. The Labute approximate surface area is 72.0 Å². The number of anilines is 1. The maximum Gasteiger partial charge on any atom is 0.0624 e. The molecular weight excluding hydrogens is 152 g/mol. The van der Waals surface area contributed by atoms with E-state index in [0.717, 1.165) is 16.8 Å². The highest BCUT2D eigenvalue weighted by Gasteiger charge is 2.08. The minimum Gasteiger partial charge on any atom is -0.399 e. The number of hydrogen-bond donors (Lipinski definition) is 3. The van der Waals surface area contributed by atoms with E-state index in [1.165, 1.54) is 0 Å². The van der Waals surface area contributed by atoms with E-state index < -0.39 is 0 Å². The molecule has 3 heteroatoms. The summed E-state index contributed by atoms with van der Waals surface area (Å²) in [6.07, 6.45) is 0. The molecule has 0 unspecified atom stereocenters. The highest BCUT2D eigenvalue weighted by Crippen LogP contribution is 2.20. The summed E-state index contributed by atoms with van der Waals surface area (Å²) in [7, 11) is 0. The standard InChI is InChI=1S/C9H14N2O/c1-6-7(9(11)5-12)3-2-4-8(6)10/h2-4,9,12H,5,10-11H2,1H3/t9-/m0/s1. The van der Waals surface area contributed by atoms with Gasteiger partial charge in [-0.2, -0.15) is 0 Å². The van der Waals surface area contributed by atoms with Gasteiger partial charge in [-0.15, -0.1) is 0 Å². The summed E-state index contributed by atoms with van der Waals surface area (Å²) in [5, 5.41) is 8.84. The molecule has 0 bridgehead atoms. The summed E-state index contributed by atoms with van der Waals surface area (Å²) in [6.45, 7) is 1.85. The summed E-state index contributed by atoms with van der Waals surface area (Å²) in [5.41, 5.74) is 13.9. The Morgan fingerprint density at radius 2 is 2.17 bits per heavy atom. The molecule has 1 rings (SSSR count). The van der Waals surface area contributed by atoms with Gasteiger partial charge in [0.05, 0.1) is 12.6 Å². The molecule has 3 nitrogen and oxygen atoms in total. The Morgan fingerprint density at radius 3 is 2.75 bits per heavy atom. The van der Waals surface area contributed by atoms with Crippen molar-refractivity contribution in [2.45, 2.75) is 13.0 Å². The van der Waals surface area contributed by atoms with Gasteiger partial charge in [-0.05, 0) is 24.1 Å². The van der Waals surface area contributed by atoms with Crippen LogP contribution < -0.4 is 11.5 Å². The molecule has 1 aromatic rings. The van der Waals surface area contributed by atoms with E-state index in [1.54, 1.807) is 0 Å². The maximum absolute atomic E-state index is 8.84. The predicted octanol–water partition coefficient (Wildman–Crippen LogP) is 0.569. The van der Waals surface area contributed by atoms with E-state index in [0.29, 0.717) is 0 Å². The quantitative estimate of drug-likeness (QED) is 0.562. The second-order valence-electron chi connectivity index (χ2n) is 2.85. The summed E-state index contributed by atoms with van der Waals surface area (Å²) >= 11 is 0. The topological polar surface area (TPSA) is 72.3 Å². The summed E-state index contributed by atoms with van der Waals surface area (Å²) in [5.74, 6) is 0. The smallest absolute Gasteiger partial charge is 0.0624 e. The van der Waals surface area contributed by atoms with E-state index in [2.05, 4.69) is 0 Å². The Bertz CT molecular complexity index is 273. The Morgan fingerprint density at radius 1 is 1.50 bits per heavy atom. The number of aliphatic hydroxyl groups excluding tert-OH is 1. The van der Waals surface area contributed by atoms with Crippen LogP contribution in [-0.2, 0) is 0 Å². The van der Waals surface area contributed by atoms with Crippen LogP contribution in [0.3, 0.4) is 0 Å². The average Bonchev–Trinajstić information content (AvgIpc) is 2.08. The van der Waals surface area contributed by atoms with Gasteiger partial charge >= 0.3 is 0 Å². The molecule has 0 spiro atoms. The van der Waals surface area contributed by atoms with Crippen LogP contribution in [0.4, 0.5) is 5.69 Å². The first-order chi connectivity index (χ1) is 5.66. The van der Waals surface area contributed by atoms with Crippen molar-refractivity contribution in [1.82, 2.24) is 0 Å². The molecule has 66 valence electrons. The number of nitrogen functional groups attached to an aromatic ring is 1. The molecule has 0 aliphatic carbocycles. The lowest BCUT2D eigenvalue weighted by Gasteiger charge is -2.12. The third kappa shape index (κ3) is 1.57. The van der Waals surface area contributed by atoms with Gasteiger partial charge in [0.2, 0.25) is 0 Å². The molecule has 0 saturated heterocycles. The van der Waals surface area contributed by atoms with Gasteiger partial charge in [-0.3, -0.25) is 0 Å². The van der Waals surface area contributed by atoms with Crippen molar-refractivity contribution in [3.8, 4) is 0 Å². The Kier molecular flexibility index (Phi) is 2.68. The van der Waals surface area contributed by atoms with Crippen molar-refractivity contribution in [3.63, 3.8) is 0 Å². The molecule has 0 saturated carbocycles. The van der Waals surface area contributed by atoms with E-state index in [9.17, 15) is 0 Å². The second-order valence-corrected chi connectivity index (χ2v) is 2.85. The molecule has 1 aromatic carbocycles. The molecule has 0 radical (unpaired) electrons. The maximum atomic E-state index is 8.84. The molecule has 0 aliphatic rings. The molecule has 5 N–H and O–H groups in total. The lowest BCUT2D eigenvalue weighted by molar-refractivity contribution is 0.267. The number of benzene rings is 1. The highest BCUT2D eigenvalue weighted by molar-refractivity contribution is 5.50. The van der Waals surface area contributed by atoms with Crippen molar-refractivity contribution >= 4 is 5.69 Å². The van der Waals surface area contributed by atoms with Crippen molar-refractivity contribution in [2.75, 3.05) is 12.3 Å². The average molecular weight is 166 g/mol. The SMILES string of the molecule is Cc1c(N)cccc1[C@@H](N)CO. The van der Waals surface area contributed by atoms with Crippen molar-refractivity contribution in [3.05, 3.63) is 29.3 Å². The normalized spacial score (nSPS) is 12.9. The van der Waals surface area contributed by atoms with E-state index in [-0.39, 0.29) is 12.6 Å². The molecule has 1 atom stereocenters. The summed E-state index contributed by atoms with van der Waals surface area (Å²) < 4.78 is 0. The first-order valence-corrected chi connectivity index (χ1v) is 3.88. The number of aliphatic hydroxyl groups is 1. The summed E-state index contributed by atoms with van der Waals surface area (Å²) in [4.78, 5) is 0. The number of rotatable bonds is 2. The van der Waals surface area contributed by atoms with Crippen LogP contribution in [0.5, 0.6) is 0 Å². The molecule has 0 aromatic heterocycles. The van der Waals surface area contributed by atoms with E-state index >= 15 is 0 Å². The first-order valence-electron chi connectivity index (χ1n) is 3.88. The van der Waals surface area contributed by atoms with Crippen LogP contribution in [-0.4, -0.2) is 11.7 Å². The second kappa shape index (κ2) is 3.56. The molecule has 12 heavy (non-hydrogen) atoms. The molecule has 0 aliphatic heterocycles. The minimum absolute atomic E-state index is 0.0513. The lowest BCUT2D eigenvalue weighted by Crippen LogP contribution is -2.16. The van der Waals surface area contributed by atoms with Crippen LogP contribution >= 0.6 is 0 Å². The van der Waals surface area contributed by atoms with Gasteiger partial charge in [0.1, 0.15) is 0 Å². The van der Waals surface area contributed by atoms with Gasteiger partial charge in [-0.1, -0.05) is 12.1 Å². The van der Waals surface area contributed by atoms with Crippen LogP contribution in [0.1, 0.15) is 17.2 Å². The highest BCUT2D eigenvalue weighted by atomic mass is 16.3. The first kappa shape index (κ1) is 9.03. The van der Waals surface area contributed by atoms with Crippen LogP contribution in [0, 0.1) is 6.92 Å². The monoisotopic (exact) mass is 166 g/mol. The van der Waals surface area contributed by atoms with Gasteiger partial charge < -0.3 is 16.6 Å². The molecule has 0 heterocycles.